The van der Waals surface area contributed by atoms with Crippen molar-refractivity contribution in [1.82, 2.24) is 0 Å². The number of rotatable bonds is 9. The Morgan fingerprint density at radius 3 is 1.94 bits per heavy atom. The SMILES string of the molecule is CC(SCc1ccccc1)C(C)(Oc1ccc(Oc2ccc(C(F)(F)F)cc2)cc1)C(=O)O. The predicted octanol–water partition coefficient (Wildman–Crippen LogP) is 7.04. The zero-order valence-electron chi connectivity index (χ0n) is 18.0. The van der Waals surface area contributed by atoms with Crippen LogP contribution in [0.1, 0.15) is 25.0 Å². The van der Waals surface area contributed by atoms with Crippen molar-refractivity contribution in [3.8, 4) is 17.2 Å². The van der Waals surface area contributed by atoms with Gasteiger partial charge >= 0.3 is 12.1 Å². The summed E-state index contributed by atoms with van der Waals surface area (Å²) in [4.78, 5) is 12.0. The lowest BCUT2D eigenvalue weighted by Gasteiger charge is -2.32. The van der Waals surface area contributed by atoms with E-state index in [0.29, 0.717) is 17.3 Å². The third-order valence-corrected chi connectivity index (χ3v) is 6.56. The maximum absolute atomic E-state index is 12.7. The van der Waals surface area contributed by atoms with E-state index in [1.807, 2.05) is 37.3 Å². The smallest absolute Gasteiger partial charge is 0.416 e. The molecule has 0 amide bonds. The van der Waals surface area contributed by atoms with Gasteiger partial charge in [-0.2, -0.15) is 13.2 Å². The molecule has 33 heavy (non-hydrogen) atoms. The number of hydrogen-bond donors (Lipinski definition) is 1. The van der Waals surface area contributed by atoms with Crippen molar-refractivity contribution < 1.29 is 32.5 Å². The molecule has 0 aliphatic carbocycles. The van der Waals surface area contributed by atoms with Gasteiger partial charge in [-0.15, -0.1) is 11.8 Å². The van der Waals surface area contributed by atoms with Crippen LogP contribution in [0.4, 0.5) is 13.2 Å². The number of carboxylic acid groups (broad SMARTS) is 1. The van der Waals surface area contributed by atoms with Crippen LogP contribution in [0, 0.1) is 0 Å². The Bertz CT molecular complexity index is 1050. The van der Waals surface area contributed by atoms with Gasteiger partial charge in [-0.3, -0.25) is 0 Å². The normalized spacial score (nSPS) is 14.2. The van der Waals surface area contributed by atoms with Gasteiger partial charge < -0.3 is 14.6 Å². The van der Waals surface area contributed by atoms with E-state index in [1.54, 1.807) is 24.3 Å². The van der Waals surface area contributed by atoms with Gasteiger partial charge in [0, 0.05) is 5.75 Å². The highest BCUT2D eigenvalue weighted by Gasteiger charge is 2.42. The first-order valence-electron chi connectivity index (χ1n) is 10.1. The summed E-state index contributed by atoms with van der Waals surface area (Å²) >= 11 is 1.48. The largest absolute Gasteiger partial charge is 0.478 e. The minimum absolute atomic E-state index is 0.248. The van der Waals surface area contributed by atoms with E-state index in [2.05, 4.69) is 0 Å². The number of aliphatic carboxylic acids is 1. The highest BCUT2D eigenvalue weighted by molar-refractivity contribution is 7.99. The molecule has 1 N–H and O–H groups in total. The Labute approximate surface area is 194 Å². The van der Waals surface area contributed by atoms with E-state index < -0.39 is 23.3 Å². The maximum Gasteiger partial charge on any atom is 0.416 e. The average Bonchev–Trinajstić information content (AvgIpc) is 2.79. The zero-order chi connectivity index (χ0) is 24.1. The second-order valence-electron chi connectivity index (χ2n) is 7.55. The van der Waals surface area contributed by atoms with E-state index in [-0.39, 0.29) is 11.0 Å². The molecular weight excluding hydrogens is 453 g/mol. The zero-order valence-corrected chi connectivity index (χ0v) is 18.8. The number of alkyl halides is 3. The van der Waals surface area contributed by atoms with Crippen LogP contribution < -0.4 is 9.47 Å². The van der Waals surface area contributed by atoms with Gasteiger partial charge in [0.15, 0.2) is 0 Å². The lowest BCUT2D eigenvalue weighted by Crippen LogP contribution is -2.49. The first-order chi connectivity index (χ1) is 15.6. The van der Waals surface area contributed by atoms with E-state index in [0.717, 1.165) is 17.7 Å². The molecule has 0 aliphatic rings. The Balaban J connectivity index is 1.65. The van der Waals surface area contributed by atoms with E-state index in [4.69, 9.17) is 9.47 Å². The molecule has 0 bridgehead atoms. The molecule has 4 nitrogen and oxygen atoms in total. The molecule has 0 aliphatic heterocycles. The minimum atomic E-state index is -4.41. The second kappa shape index (κ2) is 10.2. The summed E-state index contributed by atoms with van der Waals surface area (Å²) in [6.07, 6.45) is -4.41. The third-order valence-electron chi connectivity index (χ3n) is 5.11. The fraction of sp³-hybridized carbons (Fsp3) is 0.240. The molecule has 0 aromatic heterocycles. The van der Waals surface area contributed by atoms with Crippen LogP contribution in [0.3, 0.4) is 0 Å². The Morgan fingerprint density at radius 1 is 0.909 bits per heavy atom. The number of benzene rings is 3. The number of thioether (sulfide) groups is 1. The lowest BCUT2D eigenvalue weighted by molar-refractivity contribution is -0.153. The molecule has 8 heteroatoms. The molecular formula is C25H23F3O4S. The molecule has 0 saturated carbocycles. The molecule has 2 unspecified atom stereocenters. The number of ether oxygens (including phenoxy) is 2. The van der Waals surface area contributed by atoms with Gasteiger partial charge in [-0.1, -0.05) is 30.3 Å². The first kappa shape index (κ1) is 24.5. The van der Waals surface area contributed by atoms with Gasteiger partial charge in [0.1, 0.15) is 17.2 Å². The molecule has 0 heterocycles. The van der Waals surface area contributed by atoms with Crippen molar-refractivity contribution in [2.45, 2.75) is 36.6 Å². The summed E-state index contributed by atoms with van der Waals surface area (Å²) in [7, 11) is 0. The van der Waals surface area contributed by atoms with Crippen LogP contribution in [0.25, 0.3) is 0 Å². The van der Waals surface area contributed by atoms with Crippen molar-refractivity contribution >= 4 is 17.7 Å². The molecule has 174 valence electrons. The maximum atomic E-state index is 12.7. The monoisotopic (exact) mass is 476 g/mol. The summed E-state index contributed by atoms with van der Waals surface area (Å²) in [5.41, 5.74) is -1.15. The average molecular weight is 477 g/mol. The van der Waals surface area contributed by atoms with E-state index in [1.165, 1.54) is 30.8 Å². The summed E-state index contributed by atoms with van der Waals surface area (Å²) in [5.74, 6) is 0.532. The van der Waals surface area contributed by atoms with Crippen molar-refractivity contribution in [3.63, 3.8) is 0 Å². The lowest BCUT2D eigenvalue weighted by atomic mass is 10.0. The molecule has 0 radical (unpaired) electrons. The van der Waals surface area contributed by atoms with E-state index in [9.17, 15) is 23.1 Å². The fourth-order valence-corrected chi connectivity index (χ4v) is 4.03. The first-order valence-corrected chi connectivity index (χ1v) is 11.2. The van der Waals surface area contributed by atoms with Crippen molar-refractivity contribution in [2.24, 2.45) is 0 Å². The summed E-state index contributed by atoms with van der Waals surface area (Å²) in [6.45, 7) is 3.34. The highest BCUT2D eigenvalue weighted by Crippen LogP contribution is 2.34. The number of halogens is 3. The van der Waals surface area contributed by atoms with Crippen LogP contribution in [0.5, 0.6) is 17.2 Å². The number of carboxylic acids is 1. The molecule has 3 rings (SSSR count). The van der Waals surface area contributed by atoms with Gasteiger partial charge in [0.2, 0.25) is 5.60 Å². The van der Waals surface area contributed by atoms with Gasteiger partial charge in [-0.25, -0.2) is 4.79 Å². The van der Waals surface area contributed by atoms with Crippen LogP contribution in [0.15, 0.2) is 78.9 Å². The van der Waals surface area contributed by atoms with Gasteiger partial charge in [0.05, 0.1) is 10.8 Å². The van der Waals surface area contributed by atoms with Crippen molar-refractivity contribution in [2.75, 3.05) is 0 Å². The fourth-order valence-electron chi connectivity index (χ4n) is 2.92. The standard InChI is InChI=1S/C25H23F3O4S/c1-17(33-16-18-6-4-3-5-7-18)24(2,23(29)30)32-22-14-12-21(13-15-22)31-20-10-8-19(9-11-20)25(26,27)28/h3-15,17H,16H2,1-2H3,(H,29,30). The Morgan fingerprint density at radius 2 is 1.42 bits per heavy atom. The second-order valence-corrected chi connectivity index (χ2v) is 8.88. The van der Waals surface area contributed by atoms with Crippen molar-refractivity contribution in [1.29, 1.82) is 0 Å². The summed E-state index contributed by atoms with van der Waals surface area (Å²) in [5, 5.41) is 9.48. The van der Waals surface area contributed by atoms with Crippen LogP contribution in [0.2, 0.25) is 0 Å². The molecule has 3 aromatic carbocycles. The highest BCUT2D eigenvalue weighted by atomic mass is 32.2. The molecule has 0 saturated heterocycles. The van der Waals surface area contributed by atoms with Gasteiger partial charge in [0.25, 0.3) is 0 Å². The van der Waals surface area contributed by atoms with Crippen molar-refractivity contribution in [3.05, 3.63) is 90.0 Å². The molecule has 0 fully saturated rings. The molecule has 0 spiro atoms. The molecule has 3 aromatic rings. The summed E-state index contributed by atoms with van der Waals surface area (Å²) < 4.78 is 49.5. The Hall–Kier alpha value is -3.13. The quantitative estimate of drug-likeness (QED) is 0.359. The predicted molar refractivity (Wildman–Crippen MR) is 122 cm³/mol. The van der Waals surface area contributed by atoms with E-state index >= 15 is 0 Å². The van der Waals surface area contributed by atoms with Crippen LogP contribution in [-0.2, 0) is 16.7 Å². The van der Waals surface area contributed by atoms with Gasteiger partial charge in [-0.05, 0) is 67.9 Å². The molecule has 2 atom stereocenters. The minimum Gasteiger partial charge on any atom is -0.478 e. The number of hydrogen-bond acceptors (Lipinski definition) is 4. The van der Waals surface area contributed by atoms with Crippen LogP contribution in [-0.4, -0.2) is 21.9 Å². The topological polar surface area (TPSA) is 55.8 Å². The Kier molecular flexibility index (Phi) is 7.58. The number of carbonyl (C=O) groups is 1. The summed E-state index contributed by atoms with van der Waals surface area (Å²) in [6, 6.07) is 20.4. The van der Waals surface area contributed by atoms with Crippen LogP contribution >= 0.6 is 11.8 Å². The third kappa shape index (κ3) is 6.44.